The lowest BCUT2D eigenvalue weighted by Crippen LogP contribution is -2.45. The van der Waals surface area contributed by atoms with E-state index in [1.165, 1.54) is 6.26 Å². The lowest BCUT2D eigenvalue weighted by molar-refractivity contribution is 0.504. The molecule has 5 heteroatoms. The zero-order valence-corrected chi connectivity index (χ0v) is 8.06. The SMILES string of the molecule is C#CCC(NN)C(C)S(C)(=O)=O. The Labute approximate surface area is 73.4 Å². The first-order valence-electron chi connectivity index (χ1n) is 3.52. The van der Waals surface area contributed by atoms with E-state index in [0.717, 1.165) is 0 Å². The largest absolute Gasteiger partial charge is 0.271 e. The molecule has 3 N–H and O–H groups in total. The van der Waals surface area contributed by atoms with E-state index < -0.39 is 15.1 Å². The molecule has 12 heavy (non-hydrogen) atoms. The van der Waals surface area contributed by atoms with Crippen LogP contribution >= 0.6 is 0 Å². The van der Waals surface area contributed by atoms with Crippen LogP contribution in [-0.4, -0.2) is 26.0 Å². The fourth-order valence-corrected chi connectivity index (χ4v) is 1.56. The Balaban J connectivity index is 4.45. The molecule has 0 aliphatic carbocycles. The highest BCUT2D eigenvalue weighted by Gasteiger charge is 2.23. The summed E-state index contributed by atoms with van der Waals surface area (Å²) in [6, 6.07) is -0.370. The number of nitrogens with one attached hydrogen (secondary N) is 1. The first kappa shape index (κ1) is 11.4. The van der Waals surface area contributed by atoms with Gasteiger partial charge in [0.25, 0.3) is 0 Å². The molecule has 0 aromatic carbocycles. The quantitative estimate of drug-likeness (QED) is 0.348. The Hall–Kier alpha value is -0.570. The highest BCUT2D eigenvalue weighted by Crippen LogP contribution is 2.06. The van der Waals surface area contributed by atoms with Crippen molar-refractivity contribution in [3.8, 4) is 12.3 Å². The van der Waals surface area contributed by atoms with Crippen LogP contribution < -0.4 is 11.3 Å². The molecular formula is C7H14N2O2S. The van der Waals surface area contributed by atoms with Gasteiger partial charge in [0.1, 0.15) is 0 Å². The fraction of sp³-hybridized carbons (Fsp3) is 0.714. The third kappa shape index (κ3) is 3.22. The number of nitrogens with two attached hydrogens (primary N) is 1. The van der Waals surface area contributed by atoms with Gasteiger partial charge in [0.2, 0.25) is 0 Å². The van der Waals surface area contributed by atoms with Crippen molar-refractivity contribution in [2.75, 3.05) is 6.26 Å². The number of hydrogen-bond acceptors (Lipinski definition) is 4. The second kappa shape index (κ2) is 4.45. The zero-order valence-electron chi connectivity index (χ0n) is 7.24. The summed E-state index contributed by atoms with van der Waals surface area (Å²) in [7, 11) is -3.07. The van der Waals surface area contributed by atoms with Gasteiger partial charge >= 0.3 is 0 Å². The zero-order chi connectivity index (χ0) is 9.78. The fourth-order valence-electron chi connectivity index (χ4n) is 0.786. The van der Waals surface area contributed by atoms with Crippen molar-refractivity contribution < 1.29 is 8.42 Å². The van der Waals surface area contributed by atoms with Crippen molar-refractivity contribution in [1.29, 1.82) is 0 Å². The number of sulfone groups is 1. The van der Waals surface area contributed by atoms with Crippen molar-refractivity contribution in [2.45, 2.75) is 24.6 Å². The van der Waals surface area contributed by atoms with Gasteiger partial charge in [-0.2, -0.15) is 0 Å². The summed E-state index contributed by atoms with van der Waals surface area (Å²) in [6.45, 7) is 1.58. The molecule has 2 atom stereocenters. The second-order valence-electron chi connectivity index (χ2n) is 2.72. The molecule has 0 aromatic rings. The highest BCUT2D eigenvalue weighted by atomic mass is 32.2. The van der Waals surface area contributed by atoms with Gasteiger partial charge in [-0.25, -0.2) is 8.42 Å². The van der Waals surface area contributed by atoms with Gasteiger partial charge in [0.15, 0.2) is 9.84 Å². The molecule has 0 radical (unpaired) electrons. The van der Waals surface area contributed by atoms with Gasteiger partial charge in [-0.15, -0.1) is 12.3 Å². The van der Waals surface area contributed by atoms with Gasteiger partial charge in [-0.05, 0) is 6.92 Å². The maximum atomic E-state index is 11.0. The molecule has 0 amide bonds. The topological polar surface area (TPSA) is 72.2 Å². The summed E-state index contributed by atoms with van der Waals surface area (Å²) < 4.78 is 22.1. The van der Waals surface area contributed by atoms with Crippen LogP contribution in [0.25, 0.3) is 0 Å². The number of rotatable bonds is 4. The van der Waals surface area contributed by atoms with Gasteiger partial charge in [0, 0.05) is 18.7 Å². The van der Waals surface area contributed by atoms with Crippen LogP contribution in [0.2, 0.25) is 0 Å². The van der Waals surface area contributed by atoms with E-state index in [9.17, 15) is 8.42 Å². The van der Waals surface area contributed by atoms with E-state index in [2.05, 4.69) is 11.3 Å². The molecule has 0 aliphatic rings. The van der Waals surface area contributed by atoms with E-state index in [-0.39, 0.29) is 6.04 Å². The van der Waals surface area contributed by atoms with Crippen LogP contribution in [0.3, 0.4) is 0 Å². The summed E-state index contributed by atoms with van der Waals surface area (Å²) >= 11 is 0. The standard InChI is InChI=1S/C7H14N2O2S/c1-4-5-7(9-8)6(2)12(3,10)11/h1,6-7,9H,5,8H2,2-3H3. The maximum absolute atomic E-state index is 11.0. The Morgan fingerprint density at radius 1 is 1.67 bits per heavy atom. The summed E-state index contributed by atoms with van der Waals surface area (Å²) in [5.41, 5.74) is 2.39. The van der Waals surface area contributed by atoms with Crippen LogP contribution in [0.1, 0.15) is 13.3 Å². The van der Waals surface area contributed by atoms with Gasteiger partial charge in [-0.3, -0.25) is 11.3 Å². The minimum Gasteiger partial charge on any atom is -0.271 e. The van der Waals surface area contributed by atoms with E-state index >= 15 is 0 Å². The van der Waals surface area contributed by atoms with Crippen LogP contribution in [0, 0.1) is 12.3 Å². The Morgan fingerprint density at radius 3 is 2.42 bits per heavy atom. The predicted octanol–water partition coefficient (Wildman–Crippen LogP) is -0.725. The van der Waals surface area contributed by atoms with Crippen LogP contribution in [-0.2, 0) is 9.84 Å². The maximum Gasteiger partial charge on any atom is 0.151 e. The lowest BCUT2D eigenvalue weighted by Gasteiger charge is -2.19. The number of hydrogen-bond donors (Lipinski definition) is 2. The first-order chi connectivity index (χ1) is 5.43. The summed E-state index contributed by atoms with van der Waals surface area (Å²) in [6.07, 6.45) is 6.52. The van der Waals surface area contributed by atoms with E-state index in [1.807, 2.05) is 0 Å². The van der Waals surface area contributed by atoms with Crippen molar-refractivity contribution in [2.24, 2.45) is 5.84 Å². The molecule has 0 heterocycles. The molecule has 2 unspecified atom stereocenters. The molecule has 0 fully saturated rings. The molecule has 4 nitrogen and oxygen atoms in total. The summed E-state index contributed by atoms with van der Waals surface area (Å²) in [5, 5.41) is -0.557. The van der Waals surface area contributed by atoms with Crippen molar-refractivity contribution in [1.82, 2.24) is 5.43 Å². The van der Waals surface area contributed by atoms with E-state index in [1.54, 1.807) is 6.92 Å². The highest BCUT2D eigenvalue weighted by molar-refractivity contribution is 7.91. The molecule has 70 valence electrons. The average Bonchev–Trinajstić information content (AvgIpc) is 1.97. The van der Waals surface area contributed by atoms with Crippen LogP contribution in [0.5, 0.6) is 0 Å². The normalized spacial score (nSPS) is 16.5. The molecule has 0 bridgehead atoms. The molecule has 0 saturated carbocycles. The van der Waals surface area contributed by atoms with Gasteiger partial charge in [0.05, 0.1) is 5.25 Å². The van der Waals surface area contributed by atoms with Crippen LogP contribution in [0.15, 0.2) is 0 Å². The molecule has 0 aliphatic heterocycles. The monoisotopic (exact) mass is 190 g/mol. The van der Waals surface area contributed by atoms with E-state index in [0.29, 0.717) is 6.42 Å². The molecule has 0 spiro atoms. The minimum atomic E-state index is -3.07. The number of terminal acetylenes is 1. The Morgan fingerprint density at radius 2 is 2.17 bits per heavy atom. The summed E-state index contributed by atoms with van der Waals surface area (Å²) in [5.74, 6) is 7.51. The molecular weight excluding hydrogens is 176 g/mol. The smallest absolute Gasteiger partial charge is 0.151 e. The molecule has 0 saturated heterocycles. The molecule has 0 rings (SSSR count). The molecule has 0 aromatic heterocycles. The number of hydrazine groups is 1. The van der Waals surface area contributed by atoms with E-state index in [4.69, 9.17) is 12.3 Å². The Kier molecular flexibility index (Phi) is 4.24. The predicted molar refractivity (Wildman–Crippen MR) is 48.9 cm³/mol. The lowest BCUT2D eigenvalue weighted by atomic mass is 10.2. The summed E-state index contributed by atoms with van der Waals surface area (Å²) in [4.78, 5) is 0. The van der Waals surface area contributed by atoms with Crippen LogP contribution in [0.4, 0.5) is 0 Å². The van der Waals surface area contributed by atoms with Gasteiger partial charge < -0.3 is 0 Å². The average molecular weight is 190 g/mol. The van der Waals surface area contributed by atoms with Gasteiger partial charge in [-0.1, -0.05) is 0 Å². The third-order valence-electron chi connectivity index (χ3n) is 1.79. The van der Waals surface area contributed by atoms with Crippen molar-refractivity contribution >= 4 is 9.84 Å². The second-order valence-corrected chi connectivity index (χ2v) is 5.12. The Bertz CT molecular complexity index is 266. The minimum absolute atomic E-state index is 0.310. The van der Waals surface area contributed by atoms with Crippen molar-refractivity contribution in [3.63, 3.8) is 0 Å². The third-order valence-corrected chi connectivity index (χ3v) is 3.47. The van der Waals surface area contributed by atoms with Crippen molar-refractivity contribution in [3.05, 3.63) is 0 Å². The first-order valence-corrected chi connectivity index (χ1v) is 5.47.